The first-order valence-electron chi connectivity index (χ1n) is 10.7. The molecule has 0 aromatic heterocycles. The summed E-state index contributed by atoms with van der Waals surface area (Å²) in [5, 5.41) is 13.3. The zero-order valence-electron chi connectivity index (χ0n) is 19.9. The molecule has 0 saturated heterocycles. The number of benzene rings is 2. The summed E-state index contributed by atoms with van der Waals surface area (Å²) in [5.41, 5.74) is 5.86. The van der Waals surface area contributed by atoms with E-state index in [1.807, 2.05) is 65.7 Å². The summed E-state index contributed by atoms with van der Waals surface area (Å²) in [4.78, 5) is 30.3. The number of anilines is 2. The van der Waals surface area contributed by atoms with Gasteiger partial charge < -0.3 is 20.2 Å². The fourth-order valence-electron chi connectivity index (χ4n) is 4.13. The van der Waals surface area contributed by atoms with Gasteiger partial charge in [0.25, 0.3) is 5.91 Å². The van der Waals surface area contributed by atoms with Crippen LogP contribution < -0.4 is 10.2 Å². The Kier molecular flexibility index (Phi) is 7.83. The fraction of sp³-hybridized carbons (Fsp3) is 0.440. The smallest absolute Gasteiger partial charge is 0.251 e. The van der Waals surface area contributed by atoms with Crippen LogP contribution in [0.5, 0.6) is 5.75 Å². The molecule has 1 aliphatic rings. The molecule has 0 radical (unpaired) electrons. The third-order valence-corrected chi connectivity index (χ3v) is 6.21. The Labute approximate surface area is 197 Å². The van der Waals surface area contributed by atoms with Gasteiger partial charge in [-0.2, -0.15) is 0 Å². The van der Waals surface area contributed by atoms with E-state index in [4.69, 9.17) is 0 Å². The Hall–Kier alpha value is -2.73. The van der Waals surface area contributed by atoms with Gasteiger partial charge in [0, 0.05) is 37.9 Å². The van der Waals surface area contributed by atoms with Crippen LogP contribution >= 0.6 is 12.4 Å². The topological polar surface area (TPSA) is 72.9 Å². The summed E-state index contributed by atoms with van der Waals surface area (Å²) in [6.45, 7) is 9.75. The molecule has 0 fully saturated rings. The zero-order valence-corrected chi connectivity index (χ0v) is 20.8. The van der Waals surface area contributed by atoms with Crippen molar-refractivity contribution in [1.82, 2.24) is 4.90 Å². The van der Waals surface area contributed by atoms with Gasteiger partial charge >= 0.3 is 0 Å². The third kappa shape index (κ3) is 4.70. The number of amides is 2. The molecule has 0 bridgehead atoms. The van der Waals surface area contributed by atoms with Gasteiger partial charge in [-0.05, 0) is 73.2 Å². The number of aromatic hydroxyl groups is 1. The minimum absolute atomic E-state index is 0. The second kappa shape index (κ2) is 9.82. The van der Waals surface area contributed by atoms with Crippen molar-refractivity contribution in [2.24, 2.45) is 5.92 Å². The van der Waals surface area contributed by atoms with Crippen LogP contribution in [0.25, 0.3) is 0 Å². The van der Waals surface area contributed by atoms with Crippen LogP contribution in [0.1, 0.15) is 47.7 Å². The van der Waals surface area contributed by atoms with Crippen molar-refractivity contribution in [3.8, 4) is 5.75 Å². The zero-order chi connectivity index (χ0) is 23.0. The van der Waals surface area contributed by atoms with Crippen LogP contribution in [0, 0.1) is 26.7 Å². The first kappa shape index (κ1) is 25.5. The molecule has 32 heavy (non-hydrogen) atoms. The highest BCUT2D eigenvalue weighted by Gasteiger charge is 2.37. The molecule has 0 saturated carbocycles. The molecule has 1 unspecified atom stereocenters. The van der Waals surface area contributed by atoms with E-state index in [-0.39, 0.29) is 35.9 Å². The molecule has 1 aliphatic heterocycles. The molecule has 2 aromatic carbocycles. The standard InChI is InChI=1S/C25H33N3O3.ClH/c1-14(2)25(31)28-11-10-18-8-9-19(27(6)7)13-20(18)22(28)24(30)26-21-12-15(3)23(29)17(5)16(21)4;/h8-9,12-14,22,29H,10-11H2,1-7H3,(H,26,30);1H. The second-order valence-electron chi connectivity index (χ2n) is 8.95. The van der Waals surface area contributed by atoms with Crippen molar-refractivity contribution in [3.63, 3.8) is 0 Å². The van der Waals surface area contributed by atoms with E-state index < -0.39 is 6.04 Å². The third-order valence-electron chi connectivity index (χ3n) is 6.21. The second-order valence-corrected chi connectivity index (χ2v) is 8.95. The van der Waals surface area contributed by atoms with Gasteiger partial charge in [0.05, 0.1) is 0 Å². The minimum atomic E-state index is -0.702. The Morgan fingerprint density at radius 2 is 1.78 bits per heavy atom. The number of phenolic OH excluding ortho intramolecular Hbond substituents is 1. The van der Waals surface area contributed by atoms with Crippen LogP contribution in [0.15, 0.2) is 24.3 Å². The highest BCUT2D eigenvalue weighted by molar-refractivity contribution is 5.99. The fourth-order valence-corrected chi connectivity index (χ4v) is 4.13. The Bertz CT molecular complexity index is 1030. The average Bonchev–Trinajstić information content (AvgIpc) is 2.73. The number of phenols is 1. The number of carbonyl (C=O) groups is 2. The number of hydrogen-bond acceptors (Lipinski definition) is 4. The van der Waals surface area contributed by atoms with Crippen molar-refractivity contribution in [2.45, 2.75) is 47.1 Å². The van der Waals surface area contributed by atoms with Crippen molar-refractivity contribution >= 4 is 35.6 Å². The quantitative estimate of drug-likeness (QED) is 0.659. The number of carbonyl (C=O) groups excluding carboxylic acids is 2. The molecule has 2 N–H and O–H groups in total. The maximum absolute atomic E-state index is 13.6. The molecule has 6 nitrogen and oxygen atoms in total. The molecule has 2 aromatic rings. The first-order chi connectivity index (χ1) is 14.5. The molecule has 174 valence electrons. The molecule has 7 heteroatoms. The Morgan fingerprint density at radius 1 is 1.12 bits per heavy atom. The van der Waals surface area contributed by atoms with Crippen LogP contribution in [-0.4, -0.2) is 42.5 Å². The SMILES string of the molecule is Cc1cc(NC(=O)C2c3cc(N(C)C)ccc3CCN2C(=O)C(C)C)c(C)c(C)c1O.Cl. The number of halogens is 1. The molecule has 1 heterocycles. The number of fused-ring (bicyclic) bond motifs is 1. The maximum Gasteiger partial charge on any atom is 0.251 e. The molecular formula is C25H34ClN3O3. The molecule has 3 rings (SSSR count). The normalized spacial score (nSPS) is 15.1. The summed E-state index contributed by atoms with van der Waals surface area (Å²) in [7, 11) is 3.92. The number of nitrogens with one attached hydrogen (secondary N) is 1. The van der Waals surface area contributed by atoms with Gasteiger partial charge in [-0.1, -0.05) is 19.9 Å². The largest absolute Gasteiger partial charge is 0.507 e. The summed E-state index contributed by atoms with van der Waals surface area (Å²) in [6, 6.07) is 7.20. The number of nitrogens with zero attached hydrogens (tertiary/aromatic N) is 2. The van der Waals surface area contributed by atoms with Gasteiger partial charge in [0.1, 0.15) is 11.8 Å². The van der Waals surface area contributed by atoms with E-state index in [9.17, 15) is 14.7 Å². The Morgan fingerprint density at radius 3 is 2.38 bits per heavy atom. The van der Waals surface area contributed by atoms with Gasteiger partial charge in [0.2, 0.25) is 5.91 Å². The Balaban J connectivity index is 0.00000363. The van der Waals surface area contributed by atoms with E-state index in [1.165, 1.54) is 0 Å². The predicted octanol–water partition coefficient (Wildman–Crippen LogP) is 4.53. The summed E-state index contributed by atoms with van der Waals surface area (Å²) >= 11 is 0. The highest BCUT2D eigenvalue weighted by atomic mass is 35.5. The van der Waals surface area contributed by atoms with E-state index in [0.29, 0.717) is 17.8 Å². The van der Waals surface area contributed by atoms with Gasteiger partial charge in [-0.15, -0.1) is 12.4 Å². The maximum atomic E-state index is 13.6. The van der Waals surface area contributed by atoms with Gasteiger partial charge in [0.15, 0.2) is 0 Å². The lowest BCUT2D eigenvalue weighted by molar-refractivity contribution is -0.142. The van der Waals surface area contributed by atoms with Crippen molar-refractivity contribution < 1.29 is 14.7 Å². The summed E-state index contributed by atoms with van der Waals surface area (Å²) < 4.78 is 0. The number of hydrogen-bond donors (Lipinski definition) is 2. The molecule has 1 atom stereocenters. The van der Waals surface area contributed by atoms with E-state index in [0.717, 1.165) is 34.4 Å². The van der Waals surface area contributed by atoms with Gasteiger partial charge in [-0.25, -0.2) is 0 Å². The van der Waals surface area contributed by atoms with Crippen molar-refractivity contribution in [2.75, 3.05) is 30.9 Å². The van der Waals surface area contributed by atoms with Crippen LogP contribution in [0.2, 0.25) is 0 Å². The lowest BCUT2D eigenvalue weighted by atomic mass is 9.90. The van der Waals surface area contributed by atoms with Crippen molar-refractivity contribution in [1.29, 1.82) is 0 Å². The minimum Gasteiger partial charge on any atom is -0.507 e. The van der Waals surface area contributed by atoms with E-state index in [2.05, 4.69) is 11.4 Å². The average molecular weight is 460 g/mol. The molecular weight excluding hydrogens is 426 g/mol. The van der Waals surface area contributed by atoms with E-state index >= 15 is 0 Å². The van der Waals surface area contributed by atoms with Crippen LogP contribution in [0.4, 0.5) is 11.4 Å². The number of aryl methyl sites for hydroxylation is 1. The number of rotatable bonds is 4. The summed E-state index contributed by atoms with van der Waals surface area (Å²) in [6.07, 6.45) is 0.724. The summed E-state index contributed by atoms with van der Waals surface area (Å²) in [5.74, 6) is -0.228. The van der Waals surface area contributed by atoms with Gasteiger partial charge in [-0.3, -0.25) is 9.59 Å². The van der Waals surface area contributed by atoms with Crippen LogP contribution in [0.3, 0.4) is 0 Å². The predicted molar refractivity (Wildman–Crippen MR) is 132 cm³/mol. The van der Waals surface area contributed by atoms with Crippen LogP contribution in [-0.2, 0) is 16.0 Å². The molecule has 0 spiro atoms. The monoisotopic (exact) mass is 459 g/mol. The lowest BCUT2D eigenvalue weighted by Crippen LogP contribution is -2.47. The highest BCUT2D eigenvalue weighted by Crippen LogP contribution is 2.36. The molecule has 2 amide bonds. The van der Waals surface area contributed by atoms with Crippen molar-refractivity contribution in [3.05, 3.63) is 52.1 Å². The van der Waals surface area contributed by atoms with E-state index in [1.54, 1.807) is 11.0 Å². The molecule has 0 aliphatic carbocycles. The lowest BCUT2D eigenvalue weighted by Gasteiger charge is -2.38. The first-order valence-corrected chi connectivity index (χ1v) is 10.7.